The van der Waals surface area contributed by atoms with E-state index in [0.717, 1.165) is 19.3 Å². The van der Waals surface area contributed by atoms with Gasteiger partial charge in [0.05, 0.1) is 6.10 Å². The molecule has 0 radical (unpaired) electrons. The van der Waals surface area contributed by atoms with E-state index in [1.807, 2.05) is 12.2 Å². The van der Waals surface area contributed by atoms with Crippen LogP contribution in [-0.2, 0) is 4.74 Å². The second-order valence-electron chi connectivity index (χ2n) is 3.61. The average molecular weight is 224 g/mol. The molecule has 2 unspecified atom stereocenters. The Balaban J connectivity index is 2.17. The van der Waals surface area contributed by atoms with Crippen molar-refractivity contribution in [2.24, 2.45) is 0 Å². The van der Waals surface area contributed by atoms with E-state index in [1.54, 1.807) is 13.0 Å². The molecule has 0 aromatic carbocycles. The quantitative estimate of drug-likeness (QED) is 0.303. The Morgan fingerprint density at radius 2 is 2.06 bits per heavy atom. The molecule has 0 N–H and O–H groups in total. The average Bonchev–Trinajstić information content (AvgIpc) is 3.07. The maximum Gasteiger partial charge on any atom is 0.103 e. The van der Waals surface area contributed by atoms with Crippen molar-refractivity contribution in [3.8, 4) is 35.5 Å². The molecule has 1 nitrogen and oxygen atoms in total. The van der Waals surface area contributed by atoms with Crippen LogP contribution in [0.2, 0.25) is 0 Å². The van der Waals surface area contributed by atoms with Crippen LogP contribution in [0, 0.1) is 35.5 Å². The van der Waals surface area contributed by atoms with Gasteiger partial charge < -0.3 is 4.74 Å². The van der Waals surface area contributed by atoms with Crippen LogP contribution in [0.15, 0.2) is 24.8 Å². The molecule has 1 aliphatic heterocycles. The fraction of sp³-hybridized carbons (Fsp3) is 0.375. The van der Waals surface area contributed by atoms with Crippen LogP contribution < -0.4 is 0 Å². The fourth-order valence-corrected chi connectivity index (χ4v) is 1.37. The summed E-state index contributed by atoms with van der Waals surface area (Å²) >= 11 is 0. The Bertz CT molecular complexity index is 451. The van der Waals surface area contributed by atoms with Crippen LogP contribution in [0.25, 0.3) is 0 Å². The number of epoxide rings is 1. The van der Waals surface area contributed by atoms with Crippen molar-refractivity contribution < 1.29 is 4.74 Å². The predicted molar refractivity (Wildman–Crippen MR) is 70.9 cm³/mol. The summed E-state index contributed by atoms with van der Waals surface area (Å²) < 4.78 is 5.46. The van der Waals surface area contributed by atoms with Crippen LogP contribution in [-0.4, -0.2) is 12.2 Å². The van der Waals surface area contributed by atoms with Crippen molar-refractivity contribution in [3.63, 3.8) is 0 Å². The van der Waals surface area contributed by atoms with Gasteiger partial charge in [0.2, 0.25) is 0 Å². The second-order valence-corrected chi connectivity index (χ2v) is 3.61. The molecule has 86 valence electrons. The Hall–Kier alpha value is -1.88. The molecule has 2 atom stereocenters. The SMILES string of the molecule is C=CCCCC1OC1C=CC#CC#CC#CC. The van der Waals surface area contributed by atoms with E-state index in [4.69, 9.17) is 4.74 Å². The van der Waals surface area contributed by atoms with Gasteiger partial charge in [-0.1, -0.05) is 17.9 Å². The van der Waals surface area contributed by atoms with Gasteiger partial charge in [-0.3, -0.25) is 0 Å². The summed E-state index contributed by atoms with van der Waals surface area (Å²) in [5, 5.41) is 0. The van der Waals surface area contributed by atoms with Gasteiger partial charge in [0, 0.05) is 0 Å². The Morgan fingerprint density at radius 1 is 1.24 bits per heavy atom. The summed E-state index contributed by atoms with van der Waals surface area (Å²) in [4.78, 5) is 0. The highest BCUT2D eigenvalue weighted by Gasteiger charge is 2.35. The summed E-state index contributed by atoms with van der Waals surface area (Å²) in [5.74, 6) is 16.1. The number of allylic oxidation sites excluding steroid dienone is 2. The van der Waals surface area contributed by atoms with E-state index in [-0.39, 0.29) is 6.10 Å². The van der Waals surface area contributed by atoms with Gasteiger partial charge in [-0.05, 0) is 62.0 Å². The van der Waals surface area contributed by atoms with E-state index >= 15 is 0 Å². The van der Waals surface area contributed by atoms with Gasteiger partial charge in [-0.2, -0.15) is 0 Å². The first-order valence-electron chi connectivity index (χ1n) is 5.73. The summed E-state index contributed by atoms with van der Waals surface area (Å²) in [7, 11) is 0. The molecule has 1 heteroatoms. The van der Waals surface area contributed by atoms with Crippen LogP contribution in [0.5, 0.6) is 0 Å². The Morgan fingerprint density at radius 3 is 2.82 bits per heavy atom. The van der Waals surface area contributed by atoms with Crippen molar-refractivity contribution in [3.05, 3.63) is 24.8 Å². The van der Waals surface area contributed by atoms with Gasteiger partial charge >= 0.3 is 0 Å². The lowest BCUT2D eigenvalue weighted by atomic mass is 10.1. The van der Waals surface area contributed by atoms with E-state index in [1.165, 1.54) is 0 Å². The molecule has 0 aromatic heterocycles. The zero-order valence-electron chi connectivity index (χ0n) is 10.1. The summed E-state index contributed by atoms with van der Waals surface area (Å²) in [5.41, 5.74) is 0. The van der Waals surface area contributed by atoms with Crippen molar-refractivity contribution in [2.75, 3.05) is 0 Å². The maximum atomic E-state index is 5.46. The lowest BCUT2D eigenvalue weighted by Gasteiger charge is -1.89. The molecule has 0 bridgehead atoms. The van der Waals surface area contributed by atoms with Crippen LogP contribution in [0.1, 0.15) is 26.2 Å². The normalized spacial score (nSPS) is 20.3. The molecular weight excluding hydrogens is 208 g/mol. The zero-order chi connectivity index (χ0) is 12.3. The molecule has 1 saturated heterocycles. The summed E-state index contributed by atoms with van der Waals surface area (Å²) in [6, 6.07) is 0. The number of ether oxygens (including phenoxy) is 1. The number of hydrogen-bond donors (Lipinski definition) is 0. The predicted octanol–water partition coefficient (Wildman–Crippen LogP) is 2.70. The first kappa shape index (κ1) is 13.2. The smallest absolute Gasteiger partial charge is 0.103 e. The molecule has 0 amide bonds. The van der Waals surface area contributed by atoms with Crippen molar-refractivity contribution >= 4 is 0 Å². The minimum Gasteiger partial charge on any atom is -0.365 e. The van der Waals surface area contributed by atoms with E-state index in [9.17, 15) is 0 Å². The van der Waals surface area contributed by atoms with Crippen LogP contribution in [0.4, 0.5) is 0 Å². The number of hydrogen-bond acceptors (Lipinski definition) is 1. The number of rotatable bonds is 5. The lowest BCUT2D eigenvalue weighted by molar-refractivity contribution is 0.376. The highest BCUT2D eigenvalue weighted by molar-refractivity contribution is 5.37. The van der Waals surface area contributed by atoms with Gasteiger partial charge in [-0.25, -0.2) is 0 Å². The Labute approximate surface area is 104 Å². The molecule has 1 rings (SSSR count). The van der Waals surface area contributed by atoms with Gasteiger partial charge in [0.25, 0.3) is 0 Å². The zero-order valence-corrected chi connectivity index (χ0v) is 10.1. The highest BCUT2D eigenvalue weighted by Crippen LogP contribution is 2.27. The third-order valence-electron chi connectivity index (χ3n) is 2.27. The van der Waals surface area contributed by atoms with Gasteiger partial charge in [0.15, 0.2) is 0 Å². The monoisotopic (exact) mass is 224 g/mol. The molecule has 17 heavy (non-hydrogen) atoms. The summed E-state index contributed by atoms with van der Waals surface area (Å²) in [6.45, 7) is 5.44. The molecule has 0 spiro atoms. The van der Waals surface area contributed by atoms with Crippen molar-refractivity contribution in [2.45, 2.75) is 38.4 Å². The molecule has 1 heterocycles. The minimum atomic E-state index is 0.248. The highest BCUT2D eigenvalue weighted by atomic mass is 16.6. The number of unbranched alkanes of at least 4 members (excludes halogenated alkanes) is 1. The largest absolute Gasteiger partial charge is 0.365 e. The molecule has 0 saturated carbocycles. The molecule has 0 aromatic rings. The summed E-state index contributed by atoms with van der Waals surface area (Å²) in [6.07, 6.45) is 9.65. The van der Waals surface area contributed by atoms with Gasteiger partial charge in [-0.15, -0.1) is 6.58 Å². The first-order valence-corrected chi connectivity index (χ1v) is 5.73. The lowest BCUT2D eigenvalue weighted by Crippen LogP contribution is -1.89. The maximum absolute atomic E-state index is 5.46. The Kier molecular flexibility index (Phi) is 6.43. The third-order valence-corrected chi connectivity index (χ3v) is 2.27. The van der Waals surface area contributed by atoms with E-state index in [0.29, 0.717) is 6.10 Å². The topological polar surface area (TPSA) is 12.5 Å². The van der Waals surface area contributed by atoms with Crippen molar-refractivity contribution in [1.29, 1.82) is 0 Å². The standard InChI is InChI=1S/C16H16O/c1-3-5-7-8-9-10-12-14-16-15(17-16)13-11-6-4-2/h4,12,14-16H,2,6,11,13H2,1H3. The molecule has 1 aliphatic rings. The second kappa shape index (κ2) is 8.29. The van der Waals surface area contributed by atoms with Crippen molar-refractivity contribution in [1.82, 2.24) is 0 Å². The fourth-order valence-electron chi connectivity index (χ4n) is 1.37. The molecule has 0 aliphatic carbocycles. The van der Waals surface area contributed by atoms with Crippen LogP contribution >= 0.6 is 0 Å². The van der Waals surface area contributed by atoms with Crippen LogP contribution in [0.3, 0.4) is 0 Å². The first-order chi connectivity index (χ1) is 8.38. The van der Waals surface area contributed by atoms with E-state index in [2.05, 4.69) is 42.1 Å². The third kappa shape index (κ3) is 6.32. The molecular formula is C16H16O. The van der Waals surface area contributed by atoms with Gasteiger partial charge in [0.1, 0.15) is 6.10 Å². The molecule has 1 fully saturated rings. The van der Waals surface area contributed by atoms with E-state index < -0.39 is 0 Å². The minimum absolute atomic E-state index is 0.248.